The summed E-state index contributed by atoms with van der Waals surface area (Å²) in [6, 6.07) is 24.5. The first kappa shape index (κ1) is 21.6. The van der Waals surface area contributed by atoms with Crippen molar-refractivity contribution < 1.29 is 9.53 Å². The number of nitrogens with zero attached hydrogens (tertiary/aromatic N) is 2. The molecule has 4 rings (SSSR count). The molecule has 0 bridgehead atoms. The van der Waals surface area contributed by atoms with Crippen molar-refractivity contribution in [1.82, 2.24) is 14.9 Å². The molecule has 1 N–H and O–H groups in total. The molecule has 0 atom stereocenters. The van der Waals surface area contributed by atoms with Crippen molar-refractivity contribution in [2.45, 2.75) is 32.7 Å². The van der Waals surface area contributed by atoms with Crippen molar-refractivity contribution in [2.24, 2.45) is 0 Å². The number of para-hydroxylation sites is 2. The van der Waals surface area contributed by atoms with Crippen LogP contribution in [0.25, 0.3) is 11.0 Å². The van der Waals surface area contributed by atoms with E-state index in [1.54, 1.807) is 7.11 Å². The first-order chi connectivity index (χ1) is 15.6. The molecule has 0 radical (unpaired) electrons. The van der Waals surface area contributed by atoms with Gasteiger partial charge in [-0.2, -0.15) is 0 Å². The van der Waals surface area contributed by atoms with Gasteiger partial charge in [0.15, 0.2) is 0 Å². The predicted molar refractivity (Wildman–Crippen MR) is 128 cm³/mol. The molecule has 1 aromatic heterocycles. The Morgan fingerprint density at radius 2 is 1.81 bits per heavy atom. The Morgan fingerprint density at radius 3 is 2.59 bits per heavy atom. The largest absolute Gasteiger partial charge is 0.497 e. The highest BCUT2D eigenvalue weighted by molar-refractivity contribution is 5.78. The van der Waals surface area contributed by atoms with Crippen molar-refractivity contribution >= 4 is 16.9 Å². The summed E-state index contributed by atoms with van der Waals surface area (Å²) in [6.07, 6.45) is 2.02. The van der Waals surface area contributed by atoms with E-state index >= 15 is 0 Å². The molecule has 0 saturated carbocycles. The van der Waals surface area contributed by atoms with Gasteiger partial charge < -0.3 is 14.6 Å². The van der Waals surface area contributed by atoms with Gasteiger partial charge in [-0.25, -0.2) is 4.98 Å². The molecule has 0 aliphatic rings. The van der Waals surface area contributed by atoms with Gasteiger partial charge in [-0.1, -0.05) is 54.1 Å². The Morgan fingerprint density at radius 1 is 1.00 bits per heavy atom. The van der Waals surface area contributed by atoms with E-state index in [0.717, 1.165) is 47.6 Å². The fourth-order valence-corrected chi connectivity index (χ4v) is 3.95. The van der Waals surface area contributed by atoms with Gasteiger partial charge in [-0.05, 0) is 48.7 Å². The number of nitrogens with one attached hydrogen (secondary N) is 1. The van der Waals surface area contributed by atoms with Gasteiger partial charge in [0, 0.05) is 19.5 Å². The second-order valence-corrected chi connectivity index (χ2v) is 8.07. The molecule has 5 nitrogen and oxygen atoms in total. The molecule has 0 fully saturated rings. The quantitative estimate of drug-likeness (QED) is 0.394. The SMILES string of the molecule is COc1ccc(CC(=O)NCCCc2nc3ccccc3n2Cc2cccc(C)c2)cc1. The summed E-state index contributed by atoms with van der Waals surface area (Å²) in [5.41, 5.74) is 5.66. The Labute approximate surface area is 189 Å². The number of benzene rings is 3. The first-order valence-corrected chi connectivity index (χ1v) is 11.0. The van der Waals surface area contributed by atoms with Crippen LogP contribution in [0.1, 0.15) is 28.9 Å². The van der Waals surface area contributed by atoms with Crippen molar-refractivity contribution in [3.05, 3.63) is 95.3 Å². The molecule has 5 heteroatoms. The summed E-state index contributed by atoms with van der Waals surface area (Å²) in [5.74, 6) is 1.88. The maximum Gasteiger partial charge on any atom is 0.224 e. The number of aryl methyl sites for hydroxylation is 2. The predicted octanol–water partition coefficient (Wildman–Crippen LogP) is 4.69. The molecule has 0 aliphatic carbocycles. The average Bonchev–Trinajstić information content (AvgIpc) is 3.14. The fraction of sp³-hybridized carbons (Fsp3) is 0.259. The minimum Gasteiger partial charge on any atom is -0.497 e. The number of imidazole rings is 1. The van der Waals surface area contributed by atoms with E-state index in [-0.39, 0.29) is 5.91 Å². The van der Waals surface area contributed by atoms with Crippen LogP contribution in [0.5, 0.6) is 5.75 Å². The minimum absolute atomic E-state index is 0.0310. The average molecular weight is 428 g/mol. The Kier molecular flexibility index (Phi) is 6.85. The number of amides is 1. The molecule has 0 saturated heterocycles. The van der Waals surface area contributed by atoms with Crippen molar-refractivity contribution in [2.75, 3.05) is 13.7 Å². The van der Waals surface area contributed by atoms with Crippen molar-refractivity contribution in [1.29, 1.82) is 0 Å². The molecule has 0 spiro atoms. The van der Waals surface area contributed by atoms with E-state index in [4.69, 9.17) is 9.72 Å². The van der Waals surface area contributed by atoms with Crippen LogP contribution in [0.4, 0.5) is 0 Å². The molecule has 3 aromatic carbocycles. The number of carbonyl (C=O) groups is 1. The maximum atomic E-state index is 12.3. The van der Waals surface area contributed by atoms with Crippen LogP contribution in [-0.2, 0) is 24.2 Å². The highest BCUT2D eigenvalue weighted by Gasteiger charge is 2.11. The van der Waals surface area contributed by atoms with E-state index in [1.165, 1.54) is 11.1 Å². The second kappa shape index (κ2) is 10.1. The number of hydrogen-bond acceptors (Lipinski definition) is 3. The summed E-state index contributed by atoms with van der Waals surface area (Å²) < 4.78 is 7.46. The van der Waals surface area contributed by atoms with E-state index in [1.807, 2.05) is 30.3 Å². The number of carbonyl (C=O) groups excluding carboxylic acids is 1. The molecule has 4 aromatic rings. The van der Waals surface area contributed by atoms with Gasteiger partial charge in [-0.3, -0.25) is 4.79 Å². The highest BCUT2D eigenvalue weighted by Crippen LogP contribution is 2.19. The molecule has 32 heavy (non-hydrogen) atoms. The standard InChI is InChI=1S/C27H29N3O2/c1-20-7-5-8-22(17-20)19-30-25-10-4-3-9-24(25)29-26(30)11-6-16-28-27(31)18-21-12-14-23(32-2)15-13-21/h3-5,7-10,12-15,17H,6,11,16,18-19H2,1-2H3,(H,28,31). The third-order valence-corrected chi connectivity index (χ3v) is 5.58. The van der Waals surface area contributed by atoms with Gasteiger partial charge >= 0.3 is 0 Å². The zero-order valence-electron chi connectivity index (χ0n) is 18.7. The van der Waals surface area contributed by atoms with Crippen molar-refractivity contribution in [3.8, 4) is 5.75 Å². The maximum absolute atomic E-state index is 12.3. The van der Waals surface area contributed by atoms with E-state index in [2.05, 4.69) is 59.3 Å². The molecule has 1 amide bonds. The number of hydrogen-bond donors (Lipinski definition) is 1. The highest BCUT2D eigenvalue weighted by atomic mass is 16.5. The smallest absolute Gasteiger partial charge is 0.224 e. The van der Waals surface area contributed by atoms with Gasteiger partial charge in [0.25, 0.3) is 0 Å². The molecular formula is C27H29N3O2. The van der Waals surface area contributed by atoms with Crippen LogP contribution in [0.15, 0.2) is 72.8 Å². The van der Waals surface area contributed by atoms with Gasteiger partial charge in [0.05, 0.1) is 24.6 Å². The molecule has 0 unspecified atom stereocenters. The Bertz CT molecular complexity index is 1200. The normalized spacial score (nSPS) is 10.9. The van der Waals surface area contributed by atoms with Gasteiger partial charge in [0.2, 0.25) is 5.91 Å². The lowest BCUT2D eigenvalue weighted by Crippen LogP contribution is -2.26. The third kappa shape index (κ3) is 5.35. The van der Waals surface area contributed by atoms with Crippen LogP contribution < -0.4 is 10.1 Å². The summed E-state index contributed by atoms with van der Waals surface area (Å²) in [5, 5.41) is 3.03. The number of aromatic nitrogens is 2. The van der Waals surface area contributed by atoms with Gasteiger partial charge in [0.1, 0.15) is 11.6 Å². The summed E-state index contributed by atoms with van der Waals surface area (Å²) >= 11 is 0. The first-order valence-electron chi connectivity index (χ1n) is 11.0. The van der Waals surface area contributed by atoms with E-state index in [0.29, 0.717) is 13.0 Å². The number of fused-ring (bicyclic) bond motifs is 1. The minimum atomic E-state index is 0.0310. The molecule has 164 valence electrons. The lowest BCUT2D eigenvalue weighted by atomic mass is 10.1. The molecule has 1 heterocycles. The van der Waals surface area contributed by atoms with Gasteiger partial charge in [-0.15, -0.1) is 0 Å². The Hall–Kier alpha value is -3.60. The van der Waals surface area contributed by atoms with Crippen LogP contribution in [0, 0.1) is 6.92 Å². The topological polar surface area (TPSA) is 56.1 Å². The fourth-order valence-electron chi connectivity index (χ4n) is 3.95. The molecule has 0 aliphatic heterocycles. The van der Waals surface area contributed by atoms with Crippen molar-refractivity contribution in [3.63, 3.8) is 0 Å². The zero-order valence-corrected chi connectivity index (χ0v) is 18.7. The number of ether oxygens (including phenoxy) is 1. The lowest BCUT2D eigenvalue weighted by Gasteiger charge is -2.11. The van der Waals surface area contributed by atoms with E-state index in [9.17, 15) is 4.79 Å². The molecular weight excluding hydrogens is 398 g/mol. The van der Waals surface area contributed by atoms with E-state index < -0.39 is 0 Å². The van der Waals surface area contributed by atoms with Crippen LogP contribution in [-0.4, -0.2) is 29.1 Å². The van der Waals surface area contributed by atoms with Crippen LogP contribution >= 0.6 is 0 Å². The Balaban J connectivity index is 1.37. The summed E-state index contributed by atoms with van der Waals surface area (Å²) in [7, 11) is 1.64. The monoisotopic (exact) mass is 427 g/mol. The van der Waals surface area contributed by atoms with Crippen LogP contribution in [0.3, 0.4) is 0 Å². The lowest BCUT2D eigenvalue weighted by molar-refractivity contribution is -0.120. The zero-order chi connectivity index (χ0) is 22.3. The third-order valence-electron chi connectivity index (χ3n) is 5.58. The summed E-state index contributed by atoms with van der Waals surface area (Å²) in [6.45, 7) is 3.54. The van der Waals surface area contributed by atoms with Crippen LogP contribution in [0.2, 0.25) is 0 Å². The second-order valence-electron chi connectivity index (χ2n) is 8.07. The number of methoxy groups -OCH3 is 1. The number of rotatable bonds is 9. The summed E-state index contributed by atoms with van der Waals surface area (Å²) in [4.78, 5) is 17.2.